The van der Waals surface area contributed by atoms with Crippen molar-refractivity contribution in [2.24, 2.45) is 38.8 Å². The van der Waals surface area contributed by atoms with Crippen molar-refractivity contribution in [1.29, 1.82) is 0 Å². The van der Waals surface area contributed by atoms with E-state index in [1.807, 2.05) is 0 Å². The van der Waals surface area contributed by atoms with Gasteiger partial charge in [0.05, 0.1) is 0 Å². The van der Waals surface area contributed by atoms with Crippen LogP contribution in [0, 0.1) is 55.3 Å². The summed E-state index contributed by atoms with van der Waals surface area (Å²) in [6, 6.07) is 0. The molecule has 4 atom stereocenters. The van der Waals surface area contributed by atoms with Crippen LogP contribution in [-0.4, -0.2) is 5.54 Å². The van der Waals surface area contributed by atoms with Gasteiger partial charge in [0.25, 0.3) is 0 Å². The summed E-state index contributed by atoms with van der Waals surface area (Å²) >= 11 is 1.55. The van der Waals surface area contributed by atoms with E-state index in [1.54, 1.807) is 27.8 Å². The van der Waals surface area contributed by atoms with E-state index in [-0.39, 0.29) is 5.54 Å². The average molecular weight is 458 g/mol. The molecule has 4 unspecified atom stereocenters. The third kappa shape index (κ3) is 13.4. The summed E-state index contributed by atoms with van der Waals surface area (Å²) in [6.45, 7) is 25.6. The summed E-state index contributed by atoms with van der Waals surface area (Å²) in [5, 5.41) is 0. The van der Waals surface area contributed by atoms with E-state index in [0.717, 1.165) is 41.9 Å². The predicted octanol–water partition coefficient (Wildman–Crippen LogP) is 8.53. The normalized spacial score (nSPS) is 31.1. The Bertz CT molecular complexity index is 332. The van der Waals surface area contributed by atoms with Crippen molar-refractivity contribution in [1.82, 2.24) is 0 Å². The summed E-state index contributed by atoms with van der Waals surface area (Å²) in [5.74, 6) is 5.28. The first-order valence-electron chi connectivity index (χ1n) is 11.3. The molecule has 2 rings (SSSR count). The van der Waals surface area contributed by atoms with Gasteiger partial charge in [0.1, 0.15) is 0 Å². The van der Waals surface area contributed by atoms with Crippen molar-refractivity contribution < 1.29 is 20.9 Å². The van der Waals surface area contributed by atoms with Gasteiger partial charge in [0.2, 0.25) is 0 Å². The van der Waals surface area contributed by atoms with Gasteiger partial charge >= 0.3 is 57.0 Å². The summed E-state index contributed by atoms with van der Waals surface area (Å²) in [5.41, 5.74) is 0.231. The van der Waals surface area contributed by atoms with E-state index < -0.39 is 0 Å². The molecule has 0 spiro atoms. The topological polar surface area (TPSA) is 12.4 Å². The Kier molecular flexibility index (Phi) is 18.0. The Morgan fingerprint density at radius 2 is 1.30 bits per heavy atom. The molecule has 0 aliphatic heterocycles. The molecule has 0 heterocycles. The zero-order valence-corrected chi connectivity index (χ0v) is 22.5. The second-order valence-corrected chi connectivity index (χ2v) is 9.79. The Morgan fingerprint density at radius 1 is 0.889 bits per heavy atom. The SMILES string of the molecule is CC1CC[CH-]CC1.CC1[CH-]C(C)C(C)C(C)C1C.CCC(C)(C)[N]=[Nb].[CH2-]C. The van der Waals surface area contributed by atoms with Gasteiger partial charge in [-0.15, -0.1) is 0 Å². The molecule has 2 fully saturated rings. The van der Waals surface area contributed by atoms with Gasteiger partial charge in [0, 0.05) is 0 Å². The van der Waals surface area contributed by atoms with Gasteiger partial charge in [-0.05, 0) is 11.8 Å². The van der Waals surface area contributed by atoms with Crippen LogP contribution < -0.4 is 0 Å². The third-order valence-electron chi connectivity index (χ3n) is 6.79. The maximum Gasteiger partial charge on any atom is -0.194 e. The molecule has 27 heavy (non-hydrogen) atoms. The van der Waals surface area contributed by atoms with Crippen molar-refractivity contribution in [2.75, 3.05) is 0 Å². The number of nitrogens with zero attached hydrogens (tertiary/aromatic N) is 1. The summed E-state index contributed by atoms with van der Waals surface area (Å²) in [4.78, 5) is 0. The zero-order chi connectivity index (χ0) is 21.6. The Morgan fingerprint density at radius 3 is 1.52 bits per heavy atom. The fraction of sp³-hybridized carbons (Fsp3) is 0.880. The van der Waals surface area contributed by atoms with Crippen molar-refractivity contribution >= 4 is 0 Å². The van der Waals surface area contributed by atoms with Crippen LogP contribution in [0.1, 0.15) is 101 Å². The van der Waals surface area contributed by atoms with Crippen LogP contribution in [0.2, 0.25) is 0 Å². The second-order valence-electron chi connectivity index (χ2n) is 9.30. The molecule has 0 bridgehead atoms. The monoisotopic (exact) mass is 457 g/mol. The summed E-state index contributed by atoms with van der Waals surface area (Å²) < 4.78 is 4.19. The van der Waals surface area contributed by atoms with Crippen LogP contribution in [0.5, 0.6) is 0 Å². The quantitative estimate of drug-likeness (QED) is 0.291. The van der Waals surface area contributed by atoms with E-state index in [0.29, 0.717) is 0 Å². The molecule has 0 aromatic rings. The molecule has 0 N–H and O–H groups in total. The summed E-state index contributed by atoms with van der Waals surface area (Å²) in [7, 11) is 0. The zero-order valence-electron chi connectivity index (χ0n) is 20.3. The Labute approximate surface area is 186 Å². The molecule has 1 nitrogen and oxygen atoms in total. The largest absolute Gasteiger partial charge is 0.346 e. The molecule has 2 saturated carbocycles. The Hall–Kier alpha value is 0.540. The van der Waals surface area contributed by atoms with Crippen LogP contribution in [0.3, 0.4) is 0 Å². The van der Waals surface area contributed by atoms with E-state index in [1.165, 1.54) is 25.7 Å². The smallest absolute Gasteiger partial charge is 0.194 e. The van der Waals surface area contributed by atoms with Gasteiger partial charge in [0.15, 0.2) is 0 Å². The van der Waals surface area contributed by atoms with Crippen molar-refractivity contribution in [3.63, 3.8) is 0 Å². The molecular weight excluding hydrogens is 407 g/mol. The number of rotatable bonds is 2. The standard InChI is InChI=1S/C11H21.C7H13.C5H11N.C2H5.Nb/c1-7-6-8(2)10(4)11(5)9(7)3;1-7-5-3-2-4-6-7;1-4-5(2,3)6;1-2;/h6-11H,1-5H3;2,7H,3-6H2,1H3;4H2,1-3H3;1H2,2H3;/q2*-1;;-1;. The minimum absolute atomic E-state index is 0.231. The maximum atomic E-state index is 4.19. The second kappa shape index (κ2) is 16.3. The van der Waals surface area contributed by atoms with Gasteiger partial charge in [-0.3, -0.25) is 0 Å². The summed E-state index contributed by atoms with van der Waals surface area (Å²) in [6.07, 6.45) is 11.7. The average Bonchev–Trinajstić information content (AvgIpc) is 2.68. The molecular formula is C25H50NNb-3. The van der Waals surface area contributed by atoms with E-state index in [4.69, 9.17) is 0 Å². The minimum atomic E-state index is 0.231. The van der Waals surface area contributed by atoms with Crippen molar-refractivity contribution in [3.05, 3.63) is 19.8 Å². The third-order valence-corrected chi connectivity index (χ3v) is 8.12. The molecule has 2 aliphatic rings. The van der Waals surface area contributed by atoms with Gasteiger partial charge in [-0.1, -0.05) is 66.2 Å². The van der Waals surface area contributed by atoms with E-state index >= 15 is 0 Å². The van der Waals surface area contributed by atoms with Crippen LogP contribution in [-0.2, 0) is 20.9 Å². The molecule has 0 aromatic heterocycles. The fourth-order valence-electron chi connectivity index (χ4n) is 3.43. The number of hydrogen-bond acceptors (Lipinski definition) is 1. The Balaban J connectivity index is 0. The molecule has 163 valence electrons. The molecule has 2 heteroatoms. The molecule has 0 saturated heterocycles. The van der Waals surface area contributed by atoms with Crippen molar-refractivity contribution in [2.45, 2.75) is 107 Å². The van der Waals surface area contributed by atoms with E-state index in [2.05, 4.69) is 85.4 Å². The van der Waals surface area contributed by atoms with Gasteiger partial charge in [-0.2, -0.15) is 31.6 Å². The van der Waals surface area contributed by atoms with Crippen LogP contribution in [0.15, 0.2) is 3.34 Å². The number of hydrogen-bond donors (Lipinski definition) is 0. The predicted molar refractivity (Wildman–Crippen MR) is 120 cm³/mol. The molecule has 0 amide bonds. The minimum Gasteiger partial charge on any atom is -0.346 e. The van der Waals surface area contributed by atoms with Crippen LogP contribution >= 0.6 is 0 Å². The van der Waals surface area contributed by atoms with Crippen LogP contribution in [0.25, 0.3) is 0 Å². The van der Waals surface area contributed by atoms with Crippen molar-refractivity contribution in [3.8, 4) is 0 Å². The molecule has 0 radical (unpaired) electrons. The van der Waals surface area contributed by atoms with Gasteiger partial charge < -0.3 is 19.8 Å². The van der Waals surface area contributed by atoms with E-state index in [9.17, 15) is 0 Å². The molecule has 0 aromatic carbocycles. The van der Waals surface area contributed by atoms with Gasteiger partial charge in [-0.25, -0.2) is 0 Å². The first-order chi connectivity index (χ1) is 12.6. The van der Waals surface area contributed by atoms with Crippen LogP contribution in [0.4, 0.5) is 0 Å². The maximum absolute atomic E-state index is 4.19. The first kappa shape index (κ1) is 29.7. The fourth-order valence-corrected chi connectivity index (χ4v) is 3.78. The molecule has 2 aliphatic carbocycles. The first-order valence-corrected chi connectivity index (χ1v) is 12.3.